The molecule has 0 spiro atoms. The molecule has 0 bridgehead atoms. The first kappa shape index (κ1) is 16.0. The van der Waals surface area contributed by atoms with Gasteiger partial charge in [-0.15, -0.1) is 12.4 Å². The van der Waals surface area contributed by atoms with E-state index in [0.29, 0.717) is 6.54 Å². The number of anilines is 1. The molecule has 1 aliphatic heterocycles. The van der Waals surface area contributed by atoms with Gasteiger partial charge in [-0.3, -0.25) is 4.79 Å². The van der Waals surface area contributed by atoms with Gasteiger partial charge in [-0.1, -0.05) is 32.0 Å². The van der Waals surface area contributed by atoms with E-state index in [1.807, 2.05) is 23.1 Å². The summed E-state index contributed by atoms with van der Waals surface area (Å²) < 4.78 is 0. The van der Waals surface area contributed by atoms with Crippen LogP contribution in [0.1, 0.15) is 32.3 Å². The lowest BCUT2D eigenvalue weighted by Crippen LogP contribution is -2.47. The molecule has 0 aromatic heterocycles. The molecule has 0 saturated heterocycles. The maximum absolute atomic E-state index is 12.8. The van der Waals surface area contributed by atoms with Crippen LogP contribution in [-0.4, -0.2) is 19.0 Å². The molecule has 1 heterocycles. The Morgan fingerprint density at radius 2 is 1.95 bits per heavy atom. The zero-order valence-corrected chi connectivity index (χ0v) is 12.5. The predicted octanol–water partition coefficient (Wildman–Crippen LogP) is 2.76. The Morgan fingerprint density at radius 3 is 2.53 bits per heavy atom. The number of carbonyl (C=O) groups is 1. The minimum Gasteiger partial charge on any atom is -0.329 e. The van der Waals surface area contributed by atoms with Crippen molar-refractivity contribution in [2.45, 2.75) is 33.1 Å². The van der Waals surface area contributed by atoms with Crippen LogP contribution in [0.4, 0.5) is 5.69 Å². The predicted molar refractivity (Wildman–Crippen MR) is 81.8 cm³/mol. The van der Waals surface area contributed by atoms with Crippen molar-refractivity contribution in [2.75, 3.05) is 18.0 Å². The van der Waals surface area contributed by atoms with Gasteiger partial charge < -0.3 is 10.6 Å². The van der Waals surface area contributed by atoms with E-state index >= 15 is 0 Å². The van der Waals surface area contributed by atoms with Crippen molar-refractivity contribution >= 4 is 24.0 Å². The first-order valence-electron chi connectivity index (χ1n) is 6.78. The number of fused-ring (bicyclic) bond motifs is 1. The SMILES string of the molecule is CCC(CC)(CN)C(=O)N1CCc2ccccc21.Cl. The Balaban J connectivity index is 0.00000180. The third-order valence-corrected chi connectivity index (χ3v) is 4.33. The summed E-state index contributed by atoms with van der Waals surface area (Å²) in [6.07, 6.45) is 2.56. The van der Waals surface area contributed by atoms with Crippen LogP contribution in [0.2, 0.25) is 0 Å². The van der Waals surface area contributed by atoms with Crippen molar-refractivity contribution in [3.8, 4) is 0 Å². The molecule has 4 heteroatoms. The molecule has 1 aliphatic rings. The second kappa shape index (κ2) is 6.40. The Morgan fingerprint density at radius 1 is 1.32 bits per heavy atom. The van der Waals surface area contributed by atoms with Gasteiger partial charge in [-0.05, 0) is 30.9 Å². The first-order chi connectivity index (χ1) is 8.68. The van der Waals surface area contributed by atoms with E-state index in [-0.39, 0.29) is 18.3 Å². The van der Waals surface area contributed by atoms with Crippen LogP contribution >= 0.6 is 12.4 Å². The highest BCUT2D eigenvalue weighted by Gasteiger charge is 2.39. The number of nitrogens with two attached hydrogens (primary N) is 1. The Bertz CT molecular complexity index is 435. The summed E-state index contributed by atoms with van der Waals surface area (Å²) in [6, 6.07) is 8.16. The molecule has 106 valence electrons. The summed E-state index contributed by atoms with van der Waals surface area (Å²) in [4.78, 5) is 14.7. The van der Waals surface area contributed by atoms with Crippen LogP contribution in [0.3, 0.4) is 0 Å². The van der Waals surface area contributed by atoms with Gasteiger partial charge in [0.2, 0.25) is 5.91 Å². The van der Waals surface area contributed by atoms with Crippen LogP contribution < -0.4 is 10.6 Å². The summed E-state index contributed by atoms with van der Waals surface area (Å²) in [5.41, 5.74) is 7.82. The topological polar surface area (TPSA) is 46.3 Å². The smallest absolute Gasteiger partial charge is 0.234 e. The minimum atomic E-state index is -0.391. The van der Waals surface area contributed by atoms with Crippen molar-refractivity contribution < 1.29 is 4.79 Å². The molecule has 1 aromatic carbocycles. The van der Waals surface area contributed by atoms with Gasteiger partial charge in [-0.2, -0.15) is 0 Å². The molecule has 3 nitrogen and oxygen atoms in total. The van der Waals surface area contributed by atoms with Crippen molar-refractivity contribution in [1.29, 1.82) is 0 Å². The molecular weight excluding hydrogens is 260 g/mol. The number of hydrogen-bond donors (Lipinski definition) is 1. The van der Waals surface area contributed by atoms with Gasteiger partial charge in [-0.25, -0.2) is 0 Å². The van der Waals surface area contributed by atoms with Crippen LogP contribution in [-0.2, 0) is 11.2 Å². The number of hydrogen-bond acceptors (Lipinski definition) is 2. The maximum atomic E-state index is 12.8. The third kappa shape index (κ3) is 2.63. The average molecular weight is 283 g/mol. The highest BCUT2D eigenvalue weighted by atomic mass is 35.5. The molecule has 2 rings (SSSR count). The first-order valence-corrected chi connectivity index (χ1v) is 6.78. The fraction of sp³-hybridized carbons (Fsp3) is 0.533. The number of carbonyl (C=O) groups excluding carboxylic acids is 1. The largest absolute Gasteiger partial charge is 0.329 e. The lowest BCUT2D eigenvalue weighted by atomic mass is 9.81. The van der Waals surface area contributed by atoms with Crippen LogP contribution in [0.15, 0.2) is 24.3 Å². The molecule has 0 radical (unpaired) electrons. The molecule has 1 aromatic rings. The van der Waals surface area contributed by atoms with E-state index in [2.05, 4.69) is 19.9 Å². The van der Waals surface area contributed by atoms with Gasteiger partial charge in [0.1, 0.15) is 0 Å². The zero-order valence-electron chi connectivity index (χ0n) is 11.7. The zero-order chi connectivity index (χ0) is 13.2. The highest BCUT2D eigenvalue weighted by Crippen LogP contribution is 2.34. The lowest BCUT2D eigenvalue weighted by molar-refractivity contribution is -0.128. The van der Waals surface area contributed by atoms with E-state index < -0.39 is 5.41 Å². The van der Waals surface area contributed by atoms with E-state index in [9.17, 15) is 4.79 Å². The van der Waals surface area contributed by atoms with Crippen molar-refractivity contribution in [1.82, 2.24) is 0 Å². The van der Waals surface area contributed by atoms with Crippen molar-refractivity contribution in [3.05, 3.63) is 29.8 Å². The Labute approximate surface area is 121 Å². The Kier molecular flexibility index (Phi) is 5.39. The summed E-state index contributed by atoms with van der Waals surface area (Å²) >= 11 is 0. The van der Waals surface area contributed by atoms with E-state index in [1.54, 1.807) is 0 Å². The summed E-state index contributed by atoms with van der Waals surface area (Å²) in [7, 11) is 0. The number of amides is 1. The number of rotatable bonds is 4. The summed E-state index contributed by atoms with van der Waals surface area (Å²) in [6.45, 7) is 5.32. The van der Waals surface area contributed by atoms with E-state index in [0.717, 1.165) is 31.5 Å². The maximum Gasteiger partial charge on any atom is 0.234 e. The number of para-hydroxylation sites is 1. The number of halogens is 1. The van der Waals surface area contributed by atoms with Gasteiger partial charge in [0, 0.05) is 18.8 Å². The molecule has 0 fully saturated rings. The van der Waals surface area contributed by atoms with Crippen molar-refractivity contribution in [3.63, 3.8) is 0 Å². The monoisotopic (exact) mass is 282 g/mol. The van der Waals surface area contributed by atoms with E-state index in [4.69, 9.17) is 5.73 Å². The quantitative estimate of drug-likeness (QED) is 0.923. The molecular formula is C15H23ClN2O. The second-order valence-corrected chi connectivity index (χ2v) is 5.03. The lowest BCUT2D eigenvalue weighted by Gasteiger charge is -2.33. The van der Waals surface area contributed by atoms with Gasteiger partial charge in [0.05, 0.1) is 5.41 Å². The molecule has 2 N–H and O–H groups in total. The number of benzene rings is 1. The van der Waals surface area contributed by atoms with Crippen molar-refractivity contribution in [2.24, 2.45) is 11.1 Å². The van der Waals surface area contributed by atoms with Gasteiger partial charge in [0.15, 0.2) is 0 Å². The highest BCUT2D eigenvalue weighted by molar-refractivity contribution is 5.99. The fourth-order valence-corrected chi connectivity index (χ4v) is 2.76. The van der Waals surface area contributed by atoms with E-state index in [1.165, 1.54) is 5.56 Å². The average Bonchev–Trinajstić information content (AvgIpc) is 2.85. The standard InChI is InChI=1S/C15H22N2O.ClH/c1-3-15(4-2,11-16)14(18)17-10-9-12-7-5-6-8-13(12)17;/h5-8H,3-4,9-11,16H2,1-2H3;1H. The molecule has 0 saturated carbocycles. The van der Waals surface area contributed by atoms with Crippen LogP contribution in [0.25, 0.3) is 0 Å². The van der Waals surface area contributed by atoms with Gasteiger partial charge in [0.25, 0.3) is 0 Å². The molecule has 0 atom stereocenters. The van der Waals surface area contributed by atoms with Crippen LogP contribution in [0.5, 0.6) is 0 Å². The fourth-order valence-electron chi connectivity index (χ4n) is 2.76. The Hall–Kier alpha value is -1.06. The van der Waals surface area contributed by atoms with Crippen LogP contribution in [0, 0.1) is 5.41 Å². The molecule has 19 heavy (non-hydrogen) atoms. The summed E-state index contributed by atoms with van der Waals surface area (Å²) in [5, 5.41) is 0. The third-order valence-electron chi connectivity index (χ3n) is 4.33. The minimum absolute atomic E-state index is 0. The molecule has 1 amide bonds. The molecule has 0 aliphatic carbocycles. The second-order valence-electron chi connectivity index (χ2n) is 5.03. The van der Waals surface area contributed by atoms with Gasteiger partial charge >= 0.3 is 0 Å². The normalized spacial score (nSPS) is 13.9. The summed E-state index contributed by atoms with van der Waals surface area (Å²) in [5.74, 6) is 0.194. The molecule has 0 unspecified atom stereocenters. The number of nitrogens with zero attached hydrogens (tertiary/aromatic N) is 1.